The summed E-state index contributed by atoms with van der Waals surface area (Å²) in [7, 11) is 0. The van der Waals surface area contributed by atoms with E-state index in [0.717, 1.165) is 36.1 Å². The number of anilines is 1. The Morgan fingerprint density at radius 2 is 2.18 bits per heavy atom. The Balaban J connectivity index is 2.02. The topological polar surface area (TPSA) is 58.5 Å². The monoisotopic (exact) mass is 228 g/mol. The highest BCUT2D eigenvalue weighted by atomic mass is 16.1. The Morgan fingerprint density at radius 3 is 2.82 bits per heavy atom. The molecule has 86 valence electrons. The lowest BCUT2D eigenvalue weighted by atomic mass is 9.72. The molecule has 1 fully saturated rings. The fourth-order valence-corrected chi connectivity index (χ4v) is 2.57. The number of aliphatic imine (C=N–C) groups is 1. The van der Waals surface area contributed by atoms with Gasteiger partial charge in [0, 0.05) is 5.69 Å². The van der Waals surface area contributed by atoms with Crippen LogP contribution >= 0.6 is 0 Å². The van der Waals surface area contributed by atoms with Gasteiger partial charge in [-0.1, -0.05) is 12.1 Å². The van der Waals surface area contributed by atoms with Crippen LogP contribution in [0.3, 0.4) is 0 Å². The molecule has 0 saturated heterocycles. The number of amides is 1. The van der Waals surface area contributed by atoms with Gasteiger partial charge in [0.05, 0.1) is 12.0 Å². The minimum Gasteiger partial charge on any atom is -0.326 e. The van der Waals surface area contributed by atoms with Gasteiger partial charge in [-0.2, -0.15) is 4.99 Å². The van der Waals surface area contributed by atoms with Gasteiger partial charge in [0.25, 0.3) is 0 Å². The number of hydrogen-bond donors (Lipinski definition) is 1. The molecule has 0 bridgehead atoms. The van der Waals surface area contributed by atoms with E-state index in [1.807, 2.05) is 18.2 Å². The zero-order valence-corrected chi connectivity index (χ0v) is 9.32. The number of isocyanates is 1. The summed E-state index contributed by atoms with van der Waals surface area (Å²) < 4.78 is 0. The summed E-state index contributed by atoms with van der Waals surface area (Å²) in [5, 5.41) is 2.82. The molecule has 1 aromatic carbocycles. The van der Waals surface area contributed by atoms with E-state index < -0.39 is 0 Å². The van der Waals surface area contributed by atoms with Crippen molar-refractivity contribution in [3.05, 3.63) is 29.3 Å². The third-order valence-corrected chi connectivity index (χ3v) is 3.71. The zero-order chi connectivity index (χ0) is 11.9. The van der Waals surface area contributed by atoms with Gasteiger partial charge >= 0.3 is 0 Å². The van der Waals surface area contributed by atoms with Crippen molar-refractivity contribution in [2.75, 3.05) is 5.32 Å². The Bertz CT molecular complexity index is 540. The van der Waals surface area contributed by atoms with E-state index in [9.17, 15) is 9.59 Å². The Morgan fingerprint density at radius 1 is 1.35 bits per heavy atom. The fraction of sp³-hybridized carbons (Fsp3) is 0.385. The third-order valence-electron chi connectivity index (χ3n) is 3.71. The molecule has 1 aliphatic carbocycles. The van der Waals surface area contributed by atoms with Crippen molar-refractivity contribution >= 4 is 17.7 Å². The minimum atomic E-state index is -0.385. The molecule has 4 nitrogen and oxygen atoms in total. The first-order chi connectivity index (χ1) is 8.23. The van der Waals surface area contributed by atoms with E-state index in [1.54, 1.807) is 6.08 Å². The lowest BCUT2D eigenvalue weighted by Crippen LogP contribution is -2.31. The normalized spacial score (nSPS) is 19.9. The average Bonchev–Trinajstić information content (AvgIpc) is 2.62. The van der Waals surface area contributed by atoms with Crippen LogP contribution in [0.2, 0.25) is 0 Å². The Labute approximate surface area is 98.7 Å². The maximum absolute atomic E-state index is 11.3. The summed E-state index contributed by atoms with van der Waals surface area (Å²) >= 11 is 0. The number of nitrogens with one attached hydrogen (secondary N) is 1. The largest absolute Gasteiger partial charge is 0.326 e. The van der Waals surface area contributed by atoms with Crippen LogP contribution in [0.15, 0.2) is 23.2 Å². The predicted octanol–water partition coefficient (Wildman–Crippen LogP) is 1.90. The fourth-order valence-electron chi connectivity index (χ4n) is 2.57. The van der Waals surface area contributed by atoms with Crippen LogP contribution in [0.25, 0.3) is 0 Å². The number of carbonyl (C=O) groups is 1. The molecule has 1 saturated carbocycles. The van der Waals surface area contributed by atoms with Crippen LogP contribution in [0.5, 0.6) is 0 Å². The molecular weight excluding hydrogens is 216 g/mol. The first-order valence-corrected chi connectivity index (χ1v) is 5.76. The molecule has 1 amide bonds. The molecule has 3 rings (SSSR count). The molecule has 0 aromatic heterocycles. The van der Waals surface area contributed by atoms with Gasteiger partial charge in [0.2, 0.25) is 12.0 Å². The van der Waals surface area contributed by atoms with Crippen molar-refractivity contribution in [1.82, 2.24) is 0 Å². The lowest BCUT2D eigenvalue weighted by molar-refractivity contribution is -0.115. The van der Waals surface area contributed by atoms with E-state index in [2.05, 4.69) is 10.3 Å². The number of carbonyl (C=O) groups excluding carboxylic acids is 2. The van der Waals surface area contributed by atoms with Crippen molar-refractivity contribution in [3.8, 4) is 0 Å². The third kappa shape index (κ3) is 1.49. The predicted molar refractivity (Wildman–Crippen MR) is 62.4 cm³/mol. The molecule has 0 spiro atoms. The molecule has 2 aliphatic rings. The van der Waals surface area contributed by atoms with Gasteiger partial charge in [-0.25, -0.2) is 4.79 Å². The van der Waals surface area contributed by atoms with E-state index in [0.29, 0.717) is 6.42 Å². The first kappa shape index (κ1) is 10.2. The van der Waals surface area contributed by atoms with Crippen molar-refractivity contribution in [3.63, 3.8) is 0 Å². The van der Waals surface area contributed by atoms with Gasteiger partial charge in [-0.3, -0.25) is 4.79 Å². The molecule has 1 aliphatic heterocycles. The van der Waals surface area contributed by atoms with E-state index in [-0.39, 0.29) is 11.4 Å². The highest BCUT2D eigenvalue weighted by Gasteiger charge is 2.39. The maximum atomic E-state index is 11.3. The average molecular weight is 228 g/mol. The van der Waals surface area contributed by atoms with Crippen LogP contribution in [0.1, 0.15) is 30.4 Å². The quantitative estimate of drug-likeness (QED) is 0.620. The van der Waals surface area contributed by atoms with Crippen LogP contribution in [0.4, 0.5) is 5.69 Å². The smallest absolute Gasteiger partial charge is 0.235 e. The van der Waals surface area contributed by atoms with Gasteiger partial charge in [0.1, 0.15) is 0 Å². The molecule has 0 atom stereocenters. The number of fused-ring (bicyclic) bond motifs is 1. The van der Waals surface area contributed by atoms with Gasteiger partial charge in [-0.05, 0) is 36.5 Å². The lowest BCUT2D eigenvalue weighted by Gasteiger charge is -2.37. The number of hydrogen-bond acceptors (Lipinski definition) is 3. The van der Waals surface area contributed by atoms with E-state index >= 15 is 0 Å². The summed E-state index contributed by atoms with van der Waals surface area (Å²) in [5.41, 5.74) is 2.50. The van der Waals surface area contributed by atoms with Gasteiger partial charge in [-0.15, -0.1) is 0 Å². The summed E-state index contributed by atoms with van der Waals surface area (Å²) in [5.74, 6) is 0.0266. The zero-order valence-electron chi connectivity index (χ0n) is 9.32. The SMILES string of the molecule is O=C=NC1(c2ccc3c(c2)NC(=O)C3)CCC1. The second-order valence-corrected chi connectivity index (χ2v) is 4.69. The number of rotatable bonds is 2. The molecule has 0 unspecified atom stereocenters. The van der Waals surface area contributed by atoms with Crippen molar-refractivity contribution < 1.29 is 9.59 Å². The highest BCUT2D eigenvalue weighted by molar-refractivity contribution is 5.99. The summed E-state index contributed by atoms with van der Waals surface area (Å²) in [6.45, 7) is 0. The molecule has 4 heteroatoms. The molecule has 1 N–H and O–H groups in total. The molecular formula is C13H12N2O2. The molecule has 1 aromatic rings. The Kier molecular flexibility index (Phi) is 2.13. The van der Waals surface area contributed by atoms with Crippen molar-refractivity contribution in [2.45, 2.75) is 31.2 Å². The van der Waals surface area contributed by atoms with E-state index in [1.165, 1.54) is 0 Å². The van der Waals surface area contributed by atoms with Crippen LogP contribution in [0, 0.1) is 0 Å². The van der Waals surface area contributed by atoms with Crippen molar-refractivity contribution in [2.24, 2.45) is 4.99 Å². The van der Waals surface area contributed by atoms with Crippen molar-refractivity contribution in [1.29, 1.82) is 0 Å². The maximum Gasteiger partial charge on any atom is 0.235 e. The molecule has 0 radical (unpaired) electrons. The van der Waals surface area contributed by atoms with Gasteiger partial charge < -0.3 is 5.32 Å². The summed E-state index contributed by atoms with van der Waals surface area (Å²) in [4.78, 5) is 25.7. The molecule has 17 heavy (non-hydrogen) atoms. The van der Waals surface area contributed by atoms with Crippen LogP contribution in [-0.4, -0.2) is 12.0 Å². The minimum absolute atomic E-state index is 0.0266. The Hall–Kier alpha value is -1.93. The first-order valence-electron chi connectivity index (χ1n) is 5.76. The van der Waals surface area contributed by atoms with E-state index in [4.69, 9.17) is 0 Å². The second kappa shape index (κ2) is 3.54. The van der Waals surface area contributed by atoms with Crippen LogP contribution < -0.4 is 5.32 Å². The summed E-state index contributed by atoms with van der Waals surface area (Å²) in [6, 6.07) is 5.86. The standard InChI is InChI=1S/C13H12N2O2/c16-8-14-13(4-1-5-13)10-3-2-9-6-12(17)15-11(9)7-10/h2-3,7H,1,4-6H2,(H,15,17). The molecule has 1 heterocycles. The van der Waals surface area contributed by atoms with Crippen LogP contribution in [-0.2, 0) is 21.5 Å². The summed E-state index contributed by atoms with van der Waals surface area (Å²) in [6.07, 6.45) is 4.96. The number of benzene rings is 1. The number of nitrogens with zero attached hydrogens (tertiary/aromatic N) is 1. The van der Waals surface area contributed by atoms with Gasteiger partial charge in [0.15, 0.2) is 0 Å². The highest BCUT2D eigenvalue weighted by Crippen LogP contribution is 2.45. The second-order valence-electron chi connectivity index (χ2n) is 4.69.